The molecule has 0 atom stereocenters. The van der Waals surface area contributed by atoms with E-state index in [2.05, 4.69) is 15.5 Å². The van der Waals surface area contributed by atoms with Crippen molar-refractivity contribution in [3.05, 3.63) is 17.3 Å². The van der Waals surface area contributed by atoms with Crippen molar-refractivity contribution in [1.29, 1.82) is 0 Å². The van der Waals surface area contributed by atoms with Crippen molar-refractivity contribution in [2.75, 3.05) is 11.9 Å². The van der Waals surface area contributed by atoms with Crippen LogP contribution in [0.25, 0.3) is 11.1 Å². The normalized spacial score (nSPS) is 15.8. The lowest BCUT2D eigenvalue weighted by Crippen LogP contribution is -2.10. The fourth-order valence-electron chi connectivity index (χ4n) is 2.22. The molecular weight excluding hydrogens is 271 g/mol. The summed E-state index contributed by atoms with van der Waals surface area (Å²) in [5.41, 5.74) is -0.634. The number of hydrogen-bond acceptors (Lipinski definition) is 4. The second kappa shape index (κ2) is 4.64. The third-order valence-electron chi connectivity index (χ3n) is 3.48. The van der Waals surface area contributed by atoms with Crippen LogP contribution in [0.1, 0.15) is 30.5 Å². The summed E-state index contributed by atoms with van der Waals surface area (Å²) in [4.78, 5) is 4.05. The predicted octanol–water partition coefficient (Wildman–Crippen LogP) is 3.76. The number of nitrogens with zero attached hydrogens (tertiary/aromatic N) is 2. The van der Waals surface area contributed by atoms with E-state index in [1.807, 2.05) is 0 Å². The van der Waals surface area contributed by atoms with Crippen LogP contribution in [0.2, 0.25) is 0 Å². The van der Waals surface area contributed by atoms with Gasteiger partial charge in [-0.15, -0.1) is 0 Å². The van der Waals surface area contributed by atoms with Gasteiger partial charge in [0, 0.05) is 6.54 Å². The van der Waals surface area contributed by atoms with Gasteiger partial charge in [0.2, 0.25) is 0 Å². The first-order valence-corrected chi connectivity index (χ1v) is 6.53. The van der Waals surface area contributed by atoms with Crippen molar-refractivity contribution in [1.82, 2.24) is 10.1 Å². The Balaban J connectivity index is 1.92. The average molecular weight is 285 g/mol. The van der Waals surface area contributed by atoms with E-state index in [0.29, 0.717) is 12.5 Å². The van der Waals surface area contributed by atoms with Gasteiger partial charge in [0.25, 0.3) is 5.71 Å². The molecule has 0 radical (unpaired) electrons. The highest BCUT2D eigenvalue weighted by atomic mass is 19.4. The van der Waals surface area contributed by atoms with Crippen molar-refractivity contribution in [2.24, 2.45) is 5.92 Å². The van der Waals surface area contributed by atoms with Crippen LogP contribution in [0.4, 0.5) is 19.0 Å². The van der Waals surface area contributed by atoms with Crippen LogP contribution >= 0.6 is 0 Å². The molecule has 0 aromatic carbocycles. The number of rotatable bonds is 4. The lowest BCUT2D eigenvalue weighted by Gasteiger charge is -2.11. The van der Waals surface area contributed by atoms with E-state index in [1.165, 1.54) is 19.8 Å². The molecule has 0 saturated heterocycles. The van der Waals surface area contributed by atoms with E-state index >= 15 is 0 Å². The van der Waals surface area contributed by atoms with Crippen LogP contribution in [-0.4, -0.2) is 16.7 Å². The minimum absolute atomic E-state index is 0.0646. The molecule has 0 aliphatic heterocycles. The van der Waals surface area contributed by atoms with Crippen molar-refractivity contribution < 1.29 is 17.7 Å². The molecule has 0 bridgehead atoms. The summed E-state index contributed by atoms with van der Waals surface area (Å²) >= 11 is 0. The molecule has 1 aliphatic carbocycles. The Morgan fingerprint density at radius 2 is 2.15 bits per heavy atom. The van der Waals surface area contributed by atoms with Crippen LogP contribution < -0.4 is 5.32 Å². The monoisotopic (exact) mass is 285 g/mol. The summed E-state index contributed by atoms with van der Waals surface area (Å²) in [5.74, 6) is 0.891. The third kappa shape index (κ3) is 2.57. The van der Waals surface area contributed by atoms with Gasteiger partial charge in [0.05, 0.1) is 16.6 Å². The maximum Gasteiger partial charge on any atom is 0.417 e. The lowest BCUT2D eigenvalue weighted by atomic mass is 10.1. The number of aromatic nitrogens is 2. The van der Waals surface area contributed by atoms with Crippen LogP contribution in [0, 0.1) is 12.8 Å². The summed E-state index contributed by atoms with van der Waals surface area (Å²) in [7, 11) is 0. The van der Waals surface area contributed by atoms with E-state index in [4.69, 9.17) is 4.52 Å². The largest absolute Gasteiger partial charge is 0.417 e. The predicted molar refractivity (Wildman–Crippen MR) is 67.4 cm³/mol. The molecular formula is C13H14F3N3O. The van der Waals surface area contributed by atoms with Crippen LogP contribution in [0.3, 0.4) is 0 Å². The molecule has 1 N–H and O–H groups in total. The molecule has 0 spiro atoms. The van der Waals surface area contributed by atoms with E-state index < -0.39 is 11.7 Å². The van der Waals surface area contributed by atoms with Crippen molar-refractivity contribution in [2.45, 2.75) is 32.4 Å². The Hall–Kier alpha value is -1.79. The Morgan fingerprint density at radius 3 is 2.80 bits per heavy atom. The lowest BCUT2D eigenvalue weighted by molar-refractivity contribution is -0.136. The summed E-state index contributed by atoms with van der Waals surface area (Å²) in [6.45, 7) is 2.09. The van der Waals surface area contributed by atoms with Crippen molar-refractivity contribution >= 4 is 16.9 Å². The zero-order chi connectivity index (χ0) is 14.3. The molecule has 20 heavy (non-hydrogen) atoms. The molecule has 4 nitrogen and oxygen atoms in total. The molecule has 2 heterocycles. The Morgan fingerprint density at radius 1 is 1.40 bits per heavy atom. The average Bonchev–Trinajstić information content (AvgIpc) is 3.12. The number of fused-ring (bicyclic) bond motifs is 1. The molecule has 0 amide bonds. The minimum Gasteiger partial charge on any atom is -0.370 e. The van der Waals surface area contributed by atoms with Crippen molar-refractivity contribution in [3.63, 3.8) is 0 Å². The first-order valence-electron chi connectivity index (χ1n) is 6.53. The molecule has 1 saturated carbocycles. The second-order valence-corrected chi connectivity index (χ2v) is 5.16. The maximum absolute atomic E-state index is 13.1. The molecule has 1 aliphatic rings. The van der Waals surface area contributed by atoms with Gasteiger partial charge < -0.3 is 9.84 Å². The SMILES string of the molecule is Cc1noc2nc(NCCC3CC3)cc(C(F)(F)F)c12. The maximum atomic E-state index is 13.1. The number of anilines is 1. The number of pyridine rings is 1. The van der Waals surface area contributed by atoms with Gasteiger partial charge >= 0.3 is 6.18 Å². The zero-order valence-electron chi connectivity index (χ0n) is 10.9. The van der Waals surface area contributed by atoms with Crippen LogP contribution in [-0.2, 0) is 6.18 Å². The molecule has 2 aromatic heterocycles. The van der Waals surface area contributed by atoms with Crippen molar-refractivity contribution in [3.8, 4) is 0 Å². The third-order valence-corrected chi connectivity index (χ3v) is 3.48. The molecule has 3 rings (SSSR count). The summed E-state index contributed by atoms with van der Waals surface area (Å²) in [5, 5.41) is 6.43. The topological polar surface area (TPSA) is 51.0 Å². The summed E-state index contributed by atoms with van der Waals surface area (Å²) in [6, 6.07) is 1.03. The Labute approximate surface area is 113 Å². The highest BCUT2D eigenvalue weighted by Gasteiger charge is 2.35. The standard InChI is InChI=1S/C13H14F3N3O/c1-7-11-9(13(14,15)16)6-10(18-12(11)20-19-7)17-5-4-8-2-3-8/h6,8H,2-5H2,1H3,(H,17,18). The van der Waals surface area contributed by atoms with Gasteiger partial charge in [-0.05, 0) is 25.3 Å². The zero-order valence-corrected chi connectivity index (χ0v) is 10.9. The highest BCUT2D eigenvalue weighted by molar-refractivity contribution is 5.82. The number of alkyl halides is 3. The van der Waals surface area contributed by atoms with Gasteiger partial charge in [0.1, 0.15) is 5.82 Å². The Bertz CT molecular complexity index is 632. The molecule has 108 valence electrons. The van der Waals surface area contributed by atoms with Crippen LogP contribution in [0.5, 0.6) is 0 Å². The van der Waals surface area contributed by atoms with Gasteiger partial charge in [-0.25, -0.2) is 0 Å². The summed E-state index contributed by atoms with van der Waals surface area (Å²) < 4.78 is 44.1. The van der Waals surface area contributed by atoms with E-state index in [9.17, 15) is 13.2 Å². The van der Waals surface area contributed by atoms with E-state index in [1.54, 1.807) is 0 Å². The van der Waals surface area contributed by atoms with Gasteiger partial charge in [-0.2, -0.15) is 18.2 Å². The van der Waals surface area contributed by atoms with Gasteiger partial charge in [0.15, 0.2) is 0 Å². The second-order valence-electron chi connectivity index (χ2n) is 5.16. The van der Waals surface area contributed by atoms with Crippen LogP contribution in [0.15, 0.2) is 10.6 Å². The van der Waals surface area contributed by atoms with Gasteiger partial charge in [-0.3, -0.25) is 0 Å². The molecule has 2 aromatic rings. The van der Waals surface area contributed by atoms with E-state index in [-0.39, 0.29) is 22.6 Å². The highest BCUT2D eigenvalue weighted by Crippen LogP contribution is 2.37. The number of hydrogen-bond donors (Lipinski definition) is 1. The first kappa shape index (κ1) is 13.2. The number of nitrogens with one attached hydrogen (secondary N) is 1. The minimum atomic E-state index is -4.45. The molecule has 7 heteroatoms. The molecule has 0 unspecified atom stereocenters. The smallest absolute Gasteiger partial charge is 0.370 e. The fourth-order valence-corrected chi connectivity index (χ4v) is 2.22. The quantitative estimate of drug-likeness (QED) is 0.929. The number of aryl methyl sites for hydroxylation is 1. The fraction of sp³-hybridized carbons (Fsp3) is 0.538. The Kier molecular flexibility index (Phi) is 3.07. The summed E-state index contributed by atoms with van der Waals surface area (Å²) in [6.07, 6.45) is -1.08. The van der Waals surface area contributed by atoms with Gasteiger partial charge in [-0.1, -0.05) is 18.0 Å². The van der Waals surface area contributed by atoms with E-state index in [0.717, 1.165) is 12.5 Å². The number of halogens is 3. The molecule has 1 fully saturated rings. The first-order chi connectivity index (χ1) is 9.45.